The van der Waals surface area contributed by atoms with Gasteiger partial charge >= 0.3 is 0 Å². The highest BCUT2D eigenvalue weighted by atomic mass is 32.2. The molecule has 156 valence electrons. The molecule has 3 aromatic rings. The lowest BCUT2D eigenvalue weighted by molar-refractivity contribution is -0.133. The predicted molar refractivity (Wildman–Crippen MR) is 114 cm³/mol. The molecule has 1 unspecified atom stereocenters. The monoisotopic (exact) mass is 426 g/mol. The largest absolute Gasteiger partial charge is 0.336 e. The molecule has 3 aromatic carbocycles. The van der Waals surface area contributed by atoms with Crippen LogP contribution in [0.25, 0.3) is 10.8 Å². The summed E-state index contributed by atoms with van der Waals surface area (Å²) in [7, 11) is -3.72. The highest BCUT2D eigenvalue weighted by Gasteiger charge is 2.28. The number of fused-ring (bicyclic) bond motifs is 2. The Hall–Kier alpha value is -2.77. The van der Waals surface area contributed by atoms with Crippen LogP contribution in [0.5, 0.6) is 0 Å². The predicted octanol–water partition coefficient (Wildman–Crippen LogP) is 3.79. The average molecular weight is 427 g/mol. The van der Waals surface area contributed by atoms with Crippen LogP contribution in [0, 0.1) is 5.82 Å². The summed E-state index contributed by atoms with van der Waals surface area (Å²) < 4.78 is 41.4. The molecule has 0 saturated heterocycles. The van der Waals surface area contributed by atoms with E-state index in [1.807, 2.05) is 31.2 Å². The van der Waals surface area contributed by atoms with E-state index >= 15 is 0 Å². The summed E-state index contributed by atoms with van der Waals surface area (Å²) in [4.78, 5) is 14.6. The van der Waals surface area contributed by atoms with E-state index in [4.69, 9.17) is 0 Å². The van der Waals surface area contributed by atoms with Gasteiger partial charge in [0, 0.05) is 19.5 Å². The van der Waals surface area contributed by atoms with Crippen LogP contribution in [0.15, 0.2) is 65.6 Å². The maximum absolute atomic E-state index is 13.6. The number of rotatable bonds is 5. The molecule has 4 rings (SSSR count). The van der Waals surface area contributed by atoms with Crippen LogP contribution in [-0.4, -0.2) is 32.3 Å². The first kappa shape index (κ1) is 20.5. The van der Waals surface area contributed by atoms with Crippen LogP contribution in [0.2, 0.25) is 0 Å². The zero-order valence-electron chi connectivity index (χ0n) is 16.6. The van der Waals surface area contributed by atoms with Crippen molar-refractivity contribution in [3.8, 4) is 0 Å². The Bertz CT molecular complexity index is 1210. The zero-order chi connectivity index (χ0) is 21.3. The number of sulfonamides is 1. The number of amides is 1. The molecule has 1 N–H and O–H groups in total. The molecule has 1 heterocycles. The number of nitrogens with one attached hydrogen (secondary N) is 1. The molecule has 0 aromatic heterocycles. The normalized spacial score (nSPS) is 16.5. The molecule has 5 nitrogen and oxygen atoms in total. The third-order valence-corrected chi connectivity index (χ3v) is 7.09. The lowest BCUT2D eigenvalue weighted by Crippen LogP contribution is -2.40. The Morgan fingerprint density at radius 2 is 1.87 bits per heavy atom. The first-order valence-corrected chi connectivity index (χ1v) is 11.4. The van der Waals surface area contributed by atoms with Crippen molar-refractivity contribution in [3.63, 3.8) is 0 Å². The van der Waals surface area contributed by atoms with Gasteiger partial charge in [0.2, 0.25) is 15.9 Å². The van der Waals surface area contributed by atoms with Gasteiger partial charge in [-0.1, -0.05) is 36.4 Å². The van der Waals surface area contributed by atoms with Crippen LogP contribution in [-0.2, 0) is 21.2 Å². The second-order valence-electron chi connectivity index (χ2n) is 7.51. The Morgan fingerprint density at radius 1 is 1.10 bits per heavy atom. The Kier molecular flexibility index (Phi) is 5.58. The summed E-state index contributed by atoms with van der Waals surface area (Å²) in [5, 5.41) is 1.80. The molecule has 0 fully saturated rings. The quantitative estimate of drug-likeness (QED) is 0.675. The lowest BCUT2D eigenvalue weighted by atomic mass is 9.93. The molecule has 1 atom stereocenters. The minimum Gasteiger partial charge on any atom is -0.336 e. The van der Waals surface area contributed by atoms with Gasteiger partial charge in [0.15, 0.2) is 0 Å². The van der Waals surface area contributed by atoms with Crippen molar-refractivity contribution in [1.29, 1.82) is 0 Å². The number of carbonyl (C=O) groups is 1. The van der Waals surface area contributed by atoms with Gasteiger partial charge in [-0.2, -0.15) is 0 Å². The molecule has 0 aliphatic carbocycles. The minimum absolute atomic E-state index is 0.00716. The van der Waals surface area contributed by atoms with Crippen LogP contribution in [0.4, 0.5) is 4.39 Å². The molecule has 0 spiro atoms. The highest BCUT2D eigenvalue weighted by molar-refractivity contribution is 7.89. The Balaban J connectivity index is 1.40. The lowest BCUT2D eigenvalue weighted by Gasteiger charge is -2.35. The third-order valence-electron chi connectivity index (χ3n) is 5.63. The van der Waals surface area contributed by atoms with Crippen molar-refractivity contribution in [3.05, 3.63) is 77.6 Å². The summed E-state index contributed by atoms with van der Waals surface area (Å²) >= 11 is 0. The Labute approximate surface area is 175 Å². The van der Waals surface area contributed by atoms with Gasteiger partial charge in [-0.25, -0.2) is 17.5 Å². The molecule has 7 heteroatoms. The number of nitrogens with zero attached hydrogens (tertiary/aromatic N) is 1. The van der Waals surface area contributed by atoms with Gasteiger partial charge in [0.1, 0.15) is 5.82 Å². The Morgan fingerprint density at radius 3 is 2.67 bits per heavy atom. The van der Waals surface area contributed by atoms with Crippen LogP contribution >= 0.6 is 0 Å². The van der Waals surface area contributed by atoms with Crippen molar-refractivity contribution in [2.45, 2.75) is 30.7 Å². The summed E-state index contributed by atoms with van der Waals surface area (Å²) in [6, 6.07) is 16.9. The summed E-state index contributed by atoms with van der Waals surface area (Å²) in [5.74, 6) is -0.475. The molecule has 30 heavy (non-hydrogen) atoms. The van der Waals surface area contributed by atoms with Gasteiger partial charge in [-0.15, -0.1) is 0 Å². The highest BCUT2D eigenvalue weighted by Crippen LogP contribution is 2.30. The SMILES string of the molecule is CC1c2cc(F)ccc2CCN1C(=O)CCNS(=O)(=O)c1ccc2ccccc2c1. The third kappa shape index (κ3) is 4.08. The maximum Gasteiger partial charge on any atom is 0.240 e. The van der Waals surface area contributed by atoms with E-state index in [9.17, 15) is 17.6 Å². The molecule has 0 radical (unpaired) electrons. The number of halogens is 1. The van der Waals surface area contributed by atoms with Crippen molar-refractivity contribution in [2.75, 3.05) is 13.1 Å². The zero-order valence-corrected chi connectivity index (χ0v) is 17.5. The van der Waals surface area contributed by atoms with E-state index in [1.54, 1.807) is 29.2 Å². The van der Waals surface area contributed by atoms with Crippen LogP contribution < -0.4 is 4.72 Å². The molecule has 1 aliphatic heterocycles. The number of hydrogen-bond acceptors (Lipinski definition) is 3. The van der Waals surface area contributed by atoms with Crippen LogP contribution in [0.3, 0.4) is 0 Å². The smallest absolute Gasteiger partial charge is 0.240 e. The van der Waals surface area contributed by atoms with E-state index in [1.165, 1.54) is 12.1 Å². The summed E-state index contributed by atoms with van der Waals surface area (Å²) in [6.07, 6.45) is 0.705. The minimum atomic E-state index is -3.72. The fourth-order valence-corrected chi connectivity index (χ4v) is 5.05. The number of benzene rings is 3. The number of carbonyl (C=O) groups excluding carboxylic acids is 1. The van der Waals surface area contributed by atoms with E-state index in [0.29, 0.717) is 13.0 Å². The fraction of sp³-hybridized carbons (Fsp3) is 0.261. The van der Waals surface area contributed by atoms with E-state index in [2.05, 4.69) is 4.72 Å². The molecular weight excluding hydrogens is 403 g/mol. The first-order chi connectivity index (χ1) is 14.3. The van der Waals surface area contributed by atoms with Crippen LogP contribution in [0.1, 0.15) is 30.5 Å². The van der Waals surface area contributed by atoms with Crippen molar-refractivity contribution in [1.82, 2.24) is 9.62 Å². The summed E-state index contributed by atoms with van der Waals surface area (Å²) in [5.41, 5.74) is 1.86. The molecular formula is C23H23FN2O3S. The van der Waals surface area contributed by atoms with Gasteiger partial charge in [0.25, 0.3) is 0 Å². The van der Waals surface area contributed by atoms with Gasteiger partial charge in [0.05, 0.1) is 10.9 Å². The topological polar surface area (TPSA) is 66.5 Å². The molecule has 0 saturated carbocycles. The molecule has 0 bridgehead atoms. The van der Waals surface area contributed by atoms with E-state index in [-0.39, 0.29) is 35.6 Å². The maximum atomic E-state index is 13.6. The second-order valence-corrected chi connectivity index (χ2v) is 9.28. The van der Waals surface area contributed by atoms with Gasteiger partial charge < -0.3 is 4.90 Å². The fourth-order valence-electron chi connectivity index (χ4n) is 3.98. The second kappa shape index (κ2) is 8.16. The average Bonchev–Trinajstić information content (AvgIpc) is 2.74. The first-order valence-electron chi connectivity index (χ1n) is 9.91. The van der Waals surface area contributed by atoms with E-state index < -0.39 is 10.0 Å². The van der Waals surface area contributed by atoms with Crippen molar-refractivity contribution in [2.24, 2.45) is 0 Å². The standard InChI is InChI=1S/C23H23FN2O3S/c1-16-22-15-20(24)8-6-18(22)11-13-26(16)23(27)10-12-25-30(28,29)21-9-7-17-4-2-3-5-19(17)14-21/h2-9,14-16,25H,10-13H2,1H3. The number of hydrogen-bond donors (Lipinski definition) is 1. The summed E-state index contributed by atoms with van der Waals surface area (Å²) in [6.45, 7) is 2.41. The van der Waals surface area contributed by atoms with E-state index in [0.717, 1.165) is 21.9 Å². The van der Waals surface area contributed by atoms with Crippen molar-refractivity contribution >= 4 is 26.7 Å². The molecule has 1 aliphatic rings. The van der Waals surface area contributed by atoms with Gasteiger partial charge in [-0.3, -0.25) is 4.79 Å². The van der Waals surface area contributed by atoms with Gasteiger partial charge in [-0.05, 0) is 59.5 Å². The molecule has 1 amide bonds. The van der Waals surface area contributed by atoms with Crippen molar-refractivity contribution < 1.29 is 17.6 Å².